The molecule has 5 nitrogen and oxygen atoms in total. The zero-order valence-electron chi connectivity index (χ0n) is 15.4. The molecule has 0 aliphatic heterocycles. The van der Waals surface area contributed by atoms with Crippen molar-refractivity contribution < 1.29 is 18.7 Å². The molecule has 0 spiro atoms. The van der Waals surface area contributed by atoms with Crippen LogP contribution in [0.15, 0.2) is 42.5 Å². The van der Waals surface area contributed by atoms with Gasteiger partial charge in [0.05, 0.1) is 19.9 Å². The summed E-state index contributed by atoms with van der Waals surface area (Å²) in [5, 5.41) is 2.60. The van der Waals surface area contributed by atoms with E-state index in [-0.39, 0.29) is 11.6 Å². The molecule has 0 saturated carbocycles. The van der Waals surface area contributed by atoms with E-state index in [2.05, 4.69) is 10.2 Å². The molecule has 0 heterocycles. The van der Waals surface area contributed by atoms with Gasteiger partial charge in [0.2, 0.25) is 5.91 Å². The highest BCUT2D eigenvalue weighted by Crippen LogP contribution is 2.27. The molecule has 0 aliphatic carbocycles. The summed E-state index contributed by atoms with van der Waals surface area (Å²) in [5.74, 6) is 0.780. The number of nitrogens with zero attached hydrogens (tertiary/aromatic N) is 1. The van der Waals surface area contributed by atoms with Gasteiger partial charge in [-0.1, -0.05) is 18.2 Å². The molecule has 0 radical (unpaired) electrons. The number of hydrogen-bond acceptors (Lipinski definition) is 4. The van der Waals surface area contributed by atoms with Gasteiger partial charge >= 0.3 is 0 Å². The molecule has 2 aromatic rings. The van der Waals surface area contributed by atoms with E-state index in [4.69, 9.17) is 9.47 Å². The van der Waals surface area contributed by atoms with Crippen LogP contribution in [0.5, 0.6) is 11.5 Å². The highest BCUT2D eigenvalue weighted by Gasteiger charge is 2.09. The molecule has 6 heteroatoms. The lowest BCUT2D eigenvalue weighted by atomic mass is 10.1. The van der Waals surface area contributed by atoms with Gasteiger partial charge in [0.15, 0.2) is 11.5 Å². The highest BCUT2D eigenvalue weighted by molar-refractivity contribution is 5.90. The Morgan fingerprint density at radius 3 is 2.50 bits per heavy atom. The van der Waals surface area contributed by atoms with Crippen molar-refractivity contribution in [3.05, 3.63) is 53.8 Å². The molecule has 2 rings (SSSR count). The largest absolute Gasteiger partial charge is 0.493 e. The minimum atomic E-state index is -0.428. The van der Waals surface area contributed by atoms with Crippen molar-refractivity contribution in [1.29, 1.82) is 0 Å². The summed E-state index contributed by atoms with van der Waals surface area (Å²) in [7, 11) is 5.18. The number of hydrogen-bond donors (Lipinski definition) is 1. The summed E-state index contributed by atoms with van der Waals surface area (Å²) >= 11 is 0. The Morgan fingerprint density at radius 1 is 1.08 bits per heavy atom. The third kappa shape index (κ3) is 5.74. The topological polar surface area (TPSA) is 50.8 Å². The number of benzene rings is 2. The first-order valence-corrected chi connectivity index (χ1v) is 8.47. The third-order valence-electron chi connectivity index (χ3n) is 4.10. The summed E-state index contributed by atoms with van der Waals surface area (Å²) in [6.45, 7) is 1.38. The van der Waals surface area contributed by atoms with Gasteiger partial charge in [-0.25, -0.2) is 4.39 Å². The number of nitrogens with one attached hydrogen (secondary N) is 1. The fraction of sp³-hybridized carbons (Fsp3) is 0.350. The number of methoxy groups -OCH3 is 2. The Morgan fingerprint density at radius 2 is 1.81 bits per heavy atom. The van der Waals surface area contributed by atoms with Crippen molar-refractivity contribution in [1.82, 2.24) is 4.90 Å². The van der Waals surface area contributed by atoms with Gasteiger partial charge in [-0.05, 0) is 43.3 Å². The second-order valence-electron chi connectivity index (χ2n) is 6.02. The number of para-hydroxylation sites is 1. The number of carbonyl (C=O) groups is 1. The fourth-order valence-corrected chi connectivity index (χ4v) is 2.54. The summed E-state index contributed by atoms with van der Waals surface area (Å²) in [5.41, 5.74) is 1.34. The van der Waals surface area contributed by atoms with Crippen LogP contribution in [-0.2, 0) is 11.2 Å². The maximum absolute atomic E-state index is 13.5. The van der Waals surface area contributed by atoms with Crippen LogP contribution in [0.25, 0.3) is 0 Å². The molecule has 0 atom stereocenters. The predicted molar refractivity (Wildman–Crippen MR) is 100 cm³/mol. The molecular formula is C20H25FN2O3. The lowest BCUT2D eigenvalue weighted by molar-refractivity contribution is -0.116. The number of likely N-dealkylation sites (N-methyl/N-ethyl adjacent to an activating group) is 1. The minimum Gasteiger partial charge on any atom is -0.493 e. The number of ether oxygens (including phenoxy) is 2. The van der Waals surface area contributed by atoms with Gasteiger partial charge in [0, 0.05) is 19.5 Å². The van der Waals surface area contributed by atoms with E-state index in [0.717, 1.165) is 18.5 Å². The van der Waals surface area contributed by atoms with Crippen LogP contribution >= 0.6 is 0 Å². The molecule has 0 unspecified atom stereocenters. The first-order valence-electron chi connectivity index (χ1n) is 8.47. The van der Waals surface area contributed by atoms with Crippen molar-refractivity contribution in [3.8, 4) is 11.5 Å². The monoisotopic (exact) mass is 360 g/mol. The van der Waals surface area contributed by atoms with Gasteiger partial charge in [-0.3, -0.25) is 4.79 Å². The molecule has 1 N–H and O–H groups in total. The molecule has 0 bridgehead atoms. The maximum atomic E-state index is 13.5. The Bertz CT molecular complexity index is 737. The van der Waals surface area contributed by atoms with Crippen molar-refractivity contribution in [2.45, 2.75) is 12.8 Å². The average Bonchev–Trinajstić information content (AvgIpc) is 2.66. The maximum Gasteiger partial charge on any atom is 0.225 e. The van der Waals surface area contributed by atoms with Gasteiger partial charge < -0.3 is 19.7 Å². The van der Waals surface area contributed by atoms with E-state index in [1.807, 2.05) is 25.2 Å². The van der Waals surface area contributed by atoms with E-state index in [0.29, 0.717) is 24.5 Å². The van der Waals surface area contributed by atoms with Gasteiger partial charge in [-0.2, -0.15) is 0 Å². The number of halogens is 1. The smallest absolute Gasteiger partial charge is 0.225 e. The molecule has 1 amide bonds. The van der Waals surface area contributed by atoms with E-state index >= 15 is 0 Å². The SMILES string of the molecule is COc1ccc(CCN(C)CCC(=O)Nc2ccccc2F)cc1OC. The number of amides is 1. The van der Waals surface area contributed by atoms with Gasteiger partial charge in [0.1, 0.15) is 5.82 Å². The lowest BCUT2D eigenvalue weighted by Gasteiger charge is -2.17. The summed E-state index contributed by atoms with van der Waals surface area (Å²) in [6, 6.07) is 12.0. The molecule has 0 saturated heterocycles. The minimum absolute atomic E-state index is 0.201. The van der Waals surface area contributed by atoms with Crippen LogP contribution < -0.4 is 14.8 Å². The summed E-state index contributed by atoms with van der Waals surface area (Å²) in [4.78, 5) is 14.0. The Labute approximate surface area is 153 Å². The van der Waals surface area contributed by atoms with Gasteiger partial charge in [0.25, 0.3) is 0 Å². The van der Waals surface area contributed by atoms with Crippen LogP contribution in [0.2, 0.25) is 0 Å². The Kier molecular flexibility index (Phi) is 7.41. The average molecular weight is 360 g/mol. The molecule has 26 heavy (non-hydrogen) atoms. The van der Waals surface area contributed by atoms with Crippen LogP contribution in [0.3, 0.4) is 0 Å². The summed E-state index contributed by atoms with van der Waals surface area (Å²) in [6.07, 6.45) is 1.13. The van der Waals surface area contributed by atoms with E-state index in [1.54, 1.807) is 32.4 Å². The normalized spacial score (nSPS) is 10.7. The van der Waals surface area contributed by atoms with Crippen molar-refractivity contribution >= 4 is 11.6 Å². The molecular weight excluding hydrogens is 335 g/mol. The molecule has 0 fully saturated rings. The fourth-order valence-electron chi connectivity index (χ4n) is 2.54. The Balaban J connectivity index is 1.77. The van der Waals surface area contributed by atoms with E-state index < -0.39 is 5.82 Å². The first kappa shape index (κ1) is 19.7. The second kappa shape index (κ2) is 9.77. The number of anilines is 1. The first-order chi connectivity index (χ1) is 12.5. The molecule has 0 aliphatic rings. The summed E-state index contributed by atoms with van der Waals surface area (Å²) < 4.78 is 24.1. The zero-order valence-corrected chi connectivity index (χ0v) is 15.4. The number of rotatable bonds is 9. The standard InChI is InChI=1S/C20H25FN2O3/c1-23(12-10-15-8-9-18(25-2)19(14-15)26-3)13-11-20(24)22-17-7-5-4-6-16(17)21/h4-9,14H,10-13H2,1-3H3,(H,22,24). The van der Waals surface area contributed by atoms with Crippen LogP contribution in [0.1, 0.15) is 12.0 Å². The zero-order chi connectivity index (χ0) is 18.9. The van der Waals surface area contributed by atoms with Crippen molar-refractivity contribution in [3.63, 3.8) is 0 Å². The highest BCUT2D eigenvalue weighted by atomic mass is 19.1. The predicted octanol–water partition coefficient (Wildman–Crippen LogP) is 3.35. The molecule has 140 valence electrons. The quantitative estimate of drug-likeness (QED) is 0.745. The Hall–Kier alpha value is -2.60. The van der Waals surface area contributed by atoms with Gasteiger partial charge in [-0.15, -0.1) is 0 Å². The van der Waals surface area contributed by atoms with Crippen molar-refractivity contribution in [2.75, 3.05) is 39.7 Å². The lowest BCUT2D eigenvalue weighted by Crippen LogP contribution is -2.26. The van der Waals surface area contributed by atoms with Crippen LogP contribution in [0, 0.1) is 5.82 Å². The van der Waals surface area contributed by atoms with E-state index in [9.17, 15) is 9.18 Å². The van der Waals surface area contributed by atoms with E-state index in [1.165, 1.54) is 6.07 Å². The molecule has 0 aromatic heterocycles. The number of carbonyl (C=O) groups excluding carboxylic acids is 1. The van der Waals surface area contributed by atoms with Crippen molar-refractivity contribution in [2.24, 2.45) is 0 Å². The molecule has 2 aromatic carbocycles. The van der Waals surface area contributed by atoms with Crippen LogP contribution in [-0.4, -0.2) is 45.2 Å². The van der Waals surface area contributed by atoms with Crippen LogP contribution in [0.4, 0.5) is 10.1 Å². The second-order valence-corrected chi connectivity index (χ2v) is 6.02. The third-order valence-corrected chi connectivity index (χ3v) is 4.10.